The van der Waals surface area contributed by atoms with Gasteiger partial charge in [0.1, 0.15) is 48.8 Å². The van der Waals surface area contributed by atoms with E-state index in [1.165, 1.54) is 6.92 Å². The lowest BCUT2D eigenvalue weighted by molar-refractivity contribution is -0.345. The van der Waals surface area contributed by atoms with E-state index in [0.29, 0.717) is 0 Å². The van der Waals surface area contributed by atoms with Gasteiger partial charge in [-0.25, -0.2) is 5.90 Å². The number of rotatable bonds is 6. The van der Waals surface area contributed by atoms with Crippen LogP contribution < -0.4 is 11.2 Å². The van der Waals surface area contributed by atoms with Crippen molar-refractivity contribution in [2.75, 3.05) is 13.2 Å². The summed E-state index contributed by atoms with van der Waals surface area (Å²) in [6.45, 7) is -0.130. The molecule has 2 aliphatic rings. The molecule has 158 valence electrons. The molecule has 13 heteroatoms. The van der Waals surface area contributed by atoms with Crippen molar-refractivity contribution in [2.24, 2.45) is 5.90 Å². The average molecular weight is 398 g/mol. The number of hydrogen-bond donors (Lipinski definition) is 8. The van der Waals surface area contributed by atoms with Crippen LogP contribution in [0.3, 0.4) is 0 Å². The number of aliphatic hydroxyl groups is 6. The number of ether oxygens (including phenoxy) is 3. The maximum absolute atomic E-state index is 11.5. The van der Waals surface area contributed by atoms with Gasteiger partial charge in [-0.2, -0.15) is 0 Å². The first-order valence-corrected chi connectivity index (χ1v) is 8.28. The van der Waals surface area contributed by atoms with Gasteiger partial charge in [0.15, 0.2) is 12.6 Å². The Hall–Kier alpha value is -0.970. The van der Waals surface area contributed by atoms with Crippen LogP contribution in [0.5, 0.6) is 0 Å². The molecule has 13 nitrogen and oxygen atoms in total. The Labute approximate surface area is 154 Å². The molecule has 2 rings (SSSR count). The Balaban J connectivity index is 2.25. The summed E-state index contributed by atoms with van der Waals surface area (Å²) in [7, 11) is 0. The molecule has 0 spiro atoms. The van der Waals surface area contributed by atoms with Gasteiger partial charge in [-0.1, -0.05) is 0 Å². The topological polar surface area (TPSA) is 213 Å². The third-order valence-corrected chi connectivity index (χ3v) is 4.50. The van der Waals surface area contributed by atoms with Crippen LogP contribution in [-0.4, -0.2) is 111 Å². The zero-order valence-electron chi connectivity index (χ0n) is 14.5. The van der Waals surface area contributed by atoms with Gasteiger partial charge < -0.3 is 50.2 Å². The van der Waals surface area contributed by atoms with Gasteiger partial charge in [0, 0.05) is 6.92 Å². The molecule has 2 fully saturated rings. The van der Waals surface area contributed by atoms with Crippen molar-refractivity contribution in [3.05, 3.63) is 0 Å². The summed E-state index contributed by atoms with van der Waals surface area (Å²) in [4.78, 5) is 16.1. The van der Waals surface area contributed by atoms with Crippen molar-refractivity contribution < 1.29 is 54.5 Å². The van der Waals surface area contributed by atoms with E-state index < -0.39 is 80.5 Å². The lowest BCUT2D eigenvalue weighted by atomic mass is 9.95. The van der Waals surface area contributed by atoms with Crippen LogP contribution in [0.4, 0.5) is 0 Å². The maximum atomic E-state index is 11.5. The van der Waals surface area contributed by atoms with E-state index in [1.54, 1.807) is 0 Å². The van der Waals surface area contributed by atoms with E-state index in [9.17, 15) is 35.4 Å². The summed E-state index contributed by atoms with van der Waals surface area (Å²) >= 11 is 0. The van der Waals surface area contributed by atoms with E-state index in [1.807, 2.05) is 0 Å². The van der Waals surface area contributed by atoms with Gasteiger partial charge >= 0.3 is 0 Å². The van der Waals surface area contributed by atoms with Crippen molar-refractivity contribution in [2.45, 2.75) is 68.3 Å². The molecule has 0 unspecified atom stereocenters. The Morgan fingerprint density at radius 1 is 0.963 bits per heavy atom. The number of carbonyl (C=O) groups excluding carboxylic acids is 1. The van der Waals surface area contributed by atoms with Gasteiger partial charge in [0.25, 0.3) is 0 Å². The van der Waals surface area contributed by atoms with E-state index in [2.05, 4.69) is 10.2 Å². The Kier molecular flexibility index (Phi) is 7.84. The van der Waals surface area contributed by atoms with Crippen LogP contribution >= 0.6 is 0 Å². The largest absolute Gasteiger partial charge is 0.394 e. The molecule has 2 heterocycles. The third-order valence-electron chi connectivity index (χ3n) is 4.50. The van der Waals surface area contributed by atoms with Crippen molar-refractivity contribution in [1.82, 2.24) is 5.32 Å². The molecule has 2 saturated heterocycles. The standard InChI is InChI=1S/C14H26N2O11/c1-4(19)16-7-12(9(21)6(3-18)24-13(7)27-15)26-14-11(23)10(22)8(20)5(2-17)25-14/h5-14,17-18,20-23H,2-3,15H2,1H3,(H,16,19)/t5-,6-,7-,8+,9+,10+,11-,12-,13-,14+/m1/s1. The summed E-state index contributed by atoms with van der Waals surface area (Å²) in [6, 6.07) is -1.17. The summed E-state index contributed by atoms with van der Waals surface area (Å²) in [5.74, 6) is 4.62. The predicted octanol–water partition coefficient (Wildman–Crippen LogP) is -5.36. The van der Waals surface area contributed by atoms with E-state index >= 15 is 0 Å². The summed E-state index contributed by atoms with van der Waals surface area (Å²) in [6.07, 6.45) is -13.2. The highest BCUT2D eigenvalue weighted by Crippen LogP contribution is 2.29. The van der Waals surface area contributed by atoms with Gasteiger partial charge in [-0.05, 0) is 0 Å². The summed E-state index contributed by atoms with van der Waals surface area (Å²) in [5.41, 5.74) is 0. The first-order valence-electron chi connectivity index (χ1n) is 8.28. The molecule has 0 radical (unpaired) electrons. The molecule has 2 aliphatic heterocycles. The first kappa shape index (κ1) is 22.3. The zero-order valence-corrected chi connectivity index (χ0v) is 14.5. The van der Waals surface area contributed by atoms with Crippen LogP contribution in [0, 0.1) is 0 Å². The molecule has 0 aliphatic carbocycles. The summed E-state index contributed by atoms with van der Waals surface area (Å²) in [5, 5.41) is 61.2. The zero-order chi connectivity index (χ0) is 20.3. The third kappa shape index (κ3) is 4.72. The summed E-state index contributed by atoms with van der Waals surface area (Å²) < 4.78 is 16.0. The van der Waals surface area contributed by atoms with Crippen molar-refractivity contribution in [1.29, 1.82) is 0 Å². The molecule has 0 aromatic heterocycles. The van der Waals surface area contributed by atoms with Crippen molar-refractivity contribution in [3.8, 4) is 0 Å². The van der Waals surface area contributed by atoms with Gasteiger partial charge in [-0.15, -0.1) is 0 Å². The number of hydrogen-bond acceptors (Lipinski definition) is 12. The number of carbonyl (C=O) groups is 1. The molecule has 1 amide bonds. The minimum atomic E-state index is -1.74. The van der Waals surface area contributed by atoms with E-state index in [0.717, 1.165) is 0 Å². The molecular formula is C14H26N2O11. The van der Waals surface area contributed by atoms with Crippen molar-refractivity contribution in [3.63, 3.8) is 0 Å². The van der Waals surface area contributed by atoms with Gasteiger partial charge in [-0.3, -0.25) is 9.63 Å². The van der Waals surface area contributed by atoms with Crippen LogP contribution in [0.15, 0.2) is 0 Å². The fraction of sp³-hybridized carbons (Fsp3) is 0.929. The second-order valence-corrected chi connectivity index (χ2v) is 6.38. The maximum Gasteiger partial charge on any atom is 0.217 e. The second-order valence-electron chi connectivity index (χ2n) is 6.38. The van der Waals surface area contributed by atoms with Gasteiger partial charge in [0.2, 0.25) is 5.91 Å². The SMILES string of the molecule is CC(=O)N[C@H]1[C@@H](ON)O[C@H](CO)[C@H](O)[C@@H]1O[C@@H]1O[C@H](CO)[C@H](O)[C@H](O)[C@H]1O. The lowest BCUT2D eigenvalue weighted by Crippen LogP contribution is -2.68. The smallest absolute Gasteiger partial charge is 0.217 e. The van der Waals surface area contributed by atoms with Crippen LogP contribution in [0.25, 0.3) is 0 Å². The van der Waals surface area contributed by atoms with E-state index in [4.69, 9.17) is 20.1 Å². The van der Waals surface area contributed by atoms with Crippen LogP contribution in [-0.2, 0) is 23.8 Å². The van der Waals surface area contributed by atoms with Crippen molar-refractivity contribution >= 4 is 5.91 Å². The highest BCUT2D eigenvalue weighted by Gasteiger charge is 2.51. The molecule has 10 atom stereocenters. The minimum Gasteiger partial charge on any atom is -0.394 e. The molecule has 0 saturated carbocycles. The minimum absolute atomic E-state index is 0.539. The first-order chi connectivity index (χ1) is 12.7. The van der Waals surface area contributed by atoms with E-state index in [-0.39, 0.29) is 0 Å². The van der Waals surface area contributed by atoms with Crippen LogP contribution in [0.2, 0.25) is 0 Å². The number of nitrogens with two attached hydrogens (primary N) is 1. The fourth-order valence-corrected chi connectivity index (χ4v) is 3.07. The fourth-order valence-electron chi connectivity index (χ4n) is 3.07. The molecule has 9 N–H and O–H groups in total. The predicted molar refractivity (Wildman–Crippen MR) is 83.3 cm³/mol. The number of amides is 1. The molecule has 0 aromatic carbocycles. The Morgan fingerprint density at radius 2 is 1.52 bits per heavy atom. The number of nitrogens with one attached hydrogen (secondary N) is 1. The average Bonchev–Trinajstić information content (AvgIpc) is 2.64. The molecule has 27 heavy (non-hydrogen) atoms. The second kappa shape index (κ2) is 9.49. The van der Waals surface area contributed by atoms with Crippen LogP contribution in [0.1, 0.15) is 6.92 Å². The Bertz CT molecular complexity index is 496. The highest BCUT2D eigenvalue weighted by atomic mass is 16.8. The quantitative estimate of drug-likeness (QED) is 0.197. The monoisotopic (exact) mass is 398 g/mol. The highest BCUT2D eigenvalue weighted by molar-refractivity contribution is 5.73. The molecular weight excluding hydrogens is 372 g/mol. The molecule has 0 aromatic rings. The van der Waals surface area contributed by atoms with Gasteiger partial charge in [0.05, 0.1) is 13.2 Å². The Morgan fingerprint density at radius 3 is 2.04 bits per heavy atom. The molecule has 0 bridgehead atoms. The lowest BCUT2D eigenvalue weighted by Gasteiger charge is -2.46. The number of aliphatic hydroxyl groups excluding tert-OH is 6. The normalized spacial score (nSPS) is 45.5.